The minimum atomic E-state index is -0.500. The van der Waals surface area contributed by atoms with Gasteiger partial charge in [-0.15, -0.1) is 0 Å². The van der Waals surface area contributed by atoms with Gasteiger partial charge in [0.2, 0.25) is 0 Å². The maximum atomic E-state index is 13.0. The largest absolute Gasteiger partial charge is 0.496 e. The van der Waals surface area contributed by atoms with Crippen molar-refractivity contribution in [1.29, 1.82) is 5.26 Å². The van der Waals surface area contributed by atoms with Gasteiger partial charge in [-0.3, -0.25) is 4.79 Å². The van der Waals surface area contributed by atoms with E-state index in [2.05, 4.69) is 6.07 Å². The Morgan fingerprint density at radius 1 is 0.968 bits per heavy atom. The highest BCUT2D eigenvalue weighted by Gasteiger charge is 2.13. The highest BCUT2D eigenvalue weighted by Crippen LogP contribution is 2.32. The molecule has 3 aromatic rings. The number of carbonyl (C=O) groups excluding carboxylic acids is 1. The highest BCUT2D eigenvalue weighted by molar-refractivity contribution is 5.92. The lowest BCUT2D eigenvalue weighted by Crippen LogP contribution is -2.12. The third kappa shape index (κ3) is 5.49. The van der Waals surface area contributed by atoms with Crippen LogP contribution >= 0.6 is 0 Å². The van der Waals surface area contributed by atoms with Crippen molar-refractivity contribution in [3.63, 3.8) is 0 Å². The van der Waals surface area contributed by atoms with E-state index in [0.717, 1.165) is 0 Å². The number of allylic oxidation sites excluding steroid dienone is 1. The lowest BCUT2D eigenvalue weighted by molar-refractivity contribution is -0.133. The van der Waals surface area contributed by atoms with Crippen LogP contribution in [0.3, 0.4) is 0 Å². The second-order valence-electron chi connectivity index (χ2n) is 6.56. The van der Waals surface area contributed by atoms with Gasteiger partial charge in [-0.05, 0) is 53.6 Å². The van der Waals surface area contributed by atoms with E-state index in [-0.39, 0.29) is 18.0 Å². The lowest BCUT2D eigenvalue weighted by Gasteiger charge is -2.11. The number of halogens is 1. The van der Waals surface area contributed by atoms with E-state index in [4.69, 9.17) is 14.2 Å². The summed E-state index contributed by atoms with van der Waals surface area (Å²) in [5.41, 5.74) is 2.42. The van der Waals surface area contributed by atoms with Crippen LogP contribution in [0.1, 0.15) is 16.7 Å². The molecule has 3 rings (SSSR count). The molecule has 0 atom stereocenters. The molecule has 0 aromatic heterocycles. The minimum Gasteiger partial charge on any atom is -0.496 e. The molecule has 0 aliphatic rings. The Morgan fingerprint density at radius 3 is 2.35 bits per heavy atom. The Hall–Kier alpha value is -4.11. The van der Waals surface area contributed by atoms with Crippen LogP contribution in [0.25, 0.3) is 11.6 Å². The van der Waals surface area contributed by atoms with Gasteiger partial charge in [0.25, 0.3) is 0 Å². The van der Waals surface area contributed by atoms with Gasteiger partial charge in [0.05, 0.1) is 32.3 Å². The van der Waals surface area contributed by atoms with Crippen molar-refractivity contribution in [3.8, 4) is 23.3 Å². The van der Waals surface area contributed by atoms with Gasteiger partial charge in [0.1, 0.15) is 11.6 Å². The van der Waals surface area contributed by atoms with E-state index >= 15 is 0 Å². The molecule has 0 amide bonds. The Bertz CT molecular complexity index is 1150. The van der Waals surface area contributed by atoms with Crippen LogP contribution in [0, 0.1) is 17.1 Å². The number of benzene rings is 3. The van der Waals surface area contributed by atoms with Gasteiger partial charge in [-0.25, -0.2) is 4.39 Å². The maximum absolute atomic E-state index is 13.0. The lowest BCUT2D eigenvalue weighted by atomic mass is 10.0. The Kier molecular flexibility index (Phi) is 7.02. The number of carbonyl (C=O) groups is 1. The fourth-order valence-corrected chi connectivity index (χ4v) is 2.99. The zero-order valence-electron chi connectivity index (χ0n) is 17.1. The summed E-state index contributed by atoms with van der Waals surface area (Å²) in [6.07, 6.45) is 1.70. The van der Waals surface area contributed by atoms with Crippen LogP contribution in [0.5, 0.6) is 17.2 Å². The van der Waals surface area contributed by atoms with E-state index in [1.807, 2.05) is 12.1 Å². The van der Waals surface area contributed by atoms with E-state index in [0.29, 0.717) is 33.8 Å². The van der Waals surface area contributed by atoms with Crippen molar-refractivity contribution >= 4 is 17.6 Å². The summed E-state index contributed by atoms with van der Waals surface area (Å²) in [7, 11) is 3.01. The summed E-state index contributed by atoms with van der Waals surface area (Å²) < 4.78 is 29.1. The number of hydrogen-bond donors (Lipinski definition) is 0. The molecule has 5 nitrogen and oxygen atoms in total. The number of hydrogen-bond acceptors (Lipinski definition) is 5. The number of methoxy groups -OCH3 is 2. The first kappa shape index (κ1) is 21.6. The molecule has 0 fully saturated rings. The van der Waals surface area contributed by atoms with Crippen molar-refractivity contribution in [3.05, 3.63) is 89.2 Å². The summed E-state index contributed by atoms with van der Waals surface area (Å²) in [6, 6.07) is 20.1. The number of rotatable bonds is 7. The average Bonchev–Trinajstić information content (AvgIpc) is 2.79. The maximum Gasteiger partial charge on any atom is 0.315 e. The normalized spacial score (nSPS) is 10.8. The first-order chi connectivity index (χ1) is 15.0. The Labute approximate surface area is 179 Å². The van der Waals surface area contributed by atoms with Gasteiger partial charge >= 0.3 is 5.97 Å². The number of esters is 1. The molecular weight excluding hydrogens is 397 g/mol. The fraction of sp³-hybridized carbons (Fsp3) is 0.120. The molecule has 0 unspecified atom stereocenters. The van der Waals surface area contributed by atoms with Crippen LogP contribution in [0.2, 0.25) is 0 Å². The molecular formula is C25H20FNO4. The topological polar surface area (TPSA) is 68.6 Å². The molecule has 0 heterocycles. The second kappa shape index (κ2) is 10.1. The standard InChI is InChI=1S/C25H20FNO4/c1-29-22-6-4-3-5-21(22)19(16-27)13-18-9-12-23(24(14-18)30-2)31-25(28)15-17-7-10-20(26)11-8-17/h3-14H,15H2,1-2H3/b19-13-. The smallest absolute Gasteiger partial charge is 0.315 e. The number of nitriles is 1. The monoisotopic (exact) mass is 417 g/mol. The molecule has 31 heavy (non-hydrogen) atoms. The van der Waals surface area contributed by atoms with Crippen LogP contribution in [0.15, 0.2) is 66.7 Å². The van der Waals surface area contributed by atoms with Crippen LogP contribution in [0.4, 0.5) is 4.39 Å². The van der Waals surface area contributed by atoms with Gasteiger partial charge in [0, 0.05) is 5.56 Å². The number of para-hydroxylation sites is 1. The molecule has 0 aliphatic heterocycles. The third-order valence-electron chi connectivity index (χ3n) is 4.50. The van der Waals surface area contributed by atoms with E-state index < -0.39 is 5.97 Å². The molecule has 0 N–H and O–H groups in total. The van der Waals surface area contributed by atoms with E-state index in [1.54, 1.807) is 43.5 Å². The zero-order valence-corrected chi connectivity index (χ0v) is 17.1. The molecule has 0 radical (unpaired) electrons. The third-order valence-corrected chi connectivity index (χ3v) is 4.50. The van der Waals surface area contributed by atoms with Crippen LogP contribution in [-0.2, 0) is 11.2 Å². The van der Waals surface area contributed by atoms with Crippen molar-refractivity contribution in [2.45, 2.75) is 6.42 Å². The van der Waals surface area contributed by atoms with Crippen molar-refractivity contribution < 1.29 is 23.4 Å². The Balaban J connectivity index is 1.82. The molecule has 156 valence electrons. The molecule has 0 aliphatic carbocycles. The zero-order chi connectivity index (χ0) is 22.2. The molecule has 0 saturated heterocycles. The number of nitrogens with zero attached hydrogens (tertiary/aromatic N) is 1. The first-order valence-electron chi connectivity index (χ1n) is 9.42. The minimum absolute atomic E-state index is 0.00251. The van der Waals surface area contributed by atoms with E-state index in [1.165, 1.54) is 31.4 Å². The summed E-state index contributed by atoms with van der Waals surface area (Å²) in [5.74, 6) is 0.321. The van der Waals surface area contributed by atoms with Crippen LogP contribution in [-0.4, -0.2) is 20.2 Å². The average molecular weight is 417 g/mol. The fourth-order valence-electron chi connectivity index (χ4n) is 2.99. The van der Waals surface area contributed by atoms with E-state index in [9.17, 15) is 14.4 Å². The predicted molar refractivity (Wildman–Crippen MR) is 115 cm³/mol. The molecule has 0 spiro atoms. The Morgan fingerprint density at radius 2 is 1.68 bits per heavy atom. The van der Waals surface area contributed by atoms with Gasteiger partial charge in [0.15, 0.2) is 11.5 Å². The van der Waals surface area contributed by atoms with Crippen molar-refractivity contribution in [2.75, 3.05) is 14.2 Å². The SMILES string of the molecule is COc1cc(/C=C(/C#N)c2ccccc2OC)ccc1OC(=O)Cc1ccc(F)cc1. The quantitative estimate of drug-likeness (QED) is 0.233. The predicted octanol–water partition coefficient (Wildman–Crippen LogP) is 5.06. The second-order valence-corrected chi connectivity index (χ2v) is 6.56. The molecule has 6 heteroatoms. The van der Waals surface area contributed by atoms with Gasteiger partial charge in [-0.1, -0.05) is 30.3 Å². The molecule has 0 bridgehead atoms. The molecule has 0 saturated carbocycles. The summed E-state index contributed by atoms with van der Waals surface area (Å²) in [6.45, 7) is 0. The number of ether oxygens (including phenoxy) is 3. The summed E-state index contributed by atoms with van der Waals surface area (Å²) in [4.78, 5) is 12.3. The van der Waals surface area contributed by atoms with Crippen LogP contribution < -0.4 is 14.2 Å². The van der Waals surface area contributed by atoms with Gasteiger partial charge < -0.3 is 14.2 Å². The summed E-state index contributed by atoms with van der Waals surface area (Å²) >= 11 is 0. The van der Waals surface area contributed by atoms with Gasteiger partial charge in [-0.2, -0.15) is 5.26 Å². The molecule has 3 aromatic carbocycles. The first-order valence-corrected chi connectivity index (χ1v) is 9.42. The summed E-state index contributed by atoms with van der Waals surface area (Å²) in [5, 5.41) is 9.62. The van der Waals surface area contributed by atoms with Crippen molar-refractivity contribution in [1.82, 2.24) is 0 Å². The highest BCUT2D eigenvalue weighted by atomic mass is 19.1. The van der Waals surface area contributed by atoms with Crippen molar-refractivity contribution in [2.24, 2.45) is 0 Å².